The number of carboxylic acids is 1. The summed E-state index contributed by atoms with van der Waals surface area (Å²) in [6.07, 6.45) is 0.438. The number of aldehydes is 1. The van der Waals surface area contributed by atoms with Crippen LogP contribution in [-0.4, -0.2) is 62.9 Å². The highest BCUT2D eigenvalue weighted by atomic mass is 32.2. The molecule has 0 aromatic heterocycles. The van der Waals surface area contributed by atoms with E-state index in [0.29, 0.717) is 12.0 Å². The van der Waals surface area contributed by atoms with Crippen molar-refractivity contribution in [1.29, 1.82) is 0 Å². The highest BCUT2D eigenvalue weighted by Gasteiger charge is 2.54. The first-order chi connectivity index (χ1) is 12.4. The van der Waals surface area contributed by atoms with Gasteiger partial charge in [0, 0.05) is 17.0 Å². The van der Waals surface area contributed by atoms with E-state index in [1.165, 1.54) is 23.9 Å². The van der Waals surface area contributed by atoms with E-state index in [9.17, 15) is 29.4 Å². The lowest BCUT2D eigenvalue weighted by atomic mass is 10.0. The van der Waals surface area contributed by atoms with Crippen molar-refractivity contribution in [2.45, 2.75) is 11.4 Å². The van der Waals surface area contributed by atoms with E-state index < -0.39 is 29.2 Å². The van der Waals surface area contributed by atoms with Crippen LogP contribution in [0.25, 0.3) is 0 Å². The number of thioether (sulfide) groups is 1. The Morgan fingerprint density at radius 2 is 2.00 bits per heavy atom. The van der Waals surface area contributed by atoms with Crippen molar-refractivity contribution >= 4 is 41.5 Å². The third-order valence-electron chi connectivity index (χ3n) is 3.98. The molecule has 2 amide bonds. The lowest BCUT2D eigenvalue weighted by Crippen LogP contribution is -2.70. The van der Waals surface area contributed by atoms with Crippen molar-refractivity contribution in [2.24, 2.45) is 0 Å². The monoisotopic (exact) mass is 377 g/mol. The molecule has 4 N–H and O–H groups in total. The minimum absolute atomic E-state index is 0.0471. The van der Waals surface area contributed by atoms with Gasteiger partial charge in [0.2, 0.25) is 5.91 Å². The third-order valence-corrected chi connectivity index (χ3v) is 5.28. The number of carbonyl (C=O) groups is 4. The fourth-order valence-electron chi connectivity index (χ4n) is 2.72. The molecule has 1 unspecified atom stereocenters. The van der Waals surface area contributed by atoms with Gasteiger partial charge < -0.3 is 20.8 Å². The van der Waals surface area contributed by atoms with Crippen molar-refractivity contribution in [1.82, 2.24) is 10.2 Å². The van der Waals surface area contributed by atoms with Gasteiger partial charge in [0.15, 0.2) is 0 Å². The summed E-state index contributed by atoms with van der Waals surface area (Å²) in [4.78, 5) is 47.7. The van der Waals surface area contributed by atoms with Crippen LogP contribution in [0.15, 0.2) is 35.5 Å². The molecule has 0 aliphatic carbocycles. The van der Waals surface area contributed by atoms with Gasteiger partial charge in [0.1, 0.15) is 29.1 Å². The lowest BCUT2D eigenvalue weighted by Gasteiger charge is -2.49. The number of aliphatic carboxylic acids is 1. The van der Waals surface area contributed by atoms with Crippen LogP contribution in [0.4, 0.5) is 5.69 Å². The van der Waals surface area contributed by atoms with Crippen molar-refractivity contribution in [3.8, 4) is 5.75 Å². The van der Waals surface area contributed by atoms with Crippen LogP contribution in [0.3, 0.4) is 0 Å². The number of β-lactam (4-membered cyclic amide) rings is 1. The maximum Gasteiger partial charge on any atom is 0.353 e. The summed E-state index contributed by atoms with van der Waals surface area (Å²) in [7, 11) is 0. The SMILES string of the molecule is O=CC1=C(C(=O)O)N2C(=O)C(NC(=O)CNc3ccc(O)cc3)[C@@H]2SC1. The Bertz CT molecular complexity index is 807. The quantitative estimate of drug-likeness (QED) is 0.302. The van der Waals surface area contributed by atoms with E-state index in [2.05, 4.69) is 10.6 Å². The highest BCUT2D eigenvalue weighted by Crippen LogP contribution is 2.39. The molecule has 1 fully saturated rings. The van der Waals surface area contributed by atoms with E-state index in [-0.39, 0.29) is 29.3 Å². The molecule has 2 heterocycles. The second kappa shape index (κ2) is 7.08. The fourth-order valence-corrected chi connectivity index (χ4v) is 4.01. The molecule has 0 bridgehead atoms. The average molecular weight is 377 g/mol. The van der Waals surface area contributed by atoms with E-state index in [1.807, 2.05) is 0 Å². The number of hydrogen-bond donors (Lipinski definition) is 4. The third kappa shape index (κ3) is 3.23. The van der Waals surface area contributed by atoms with E-state index in [4.69, 9.17) is 0 Å². The molecule has 1 aromatic carbocycles. The number of amides is 2. The molecule has 0 saturated carbocycles. The molecule has 2 atom stereocenters. The number of phenols is 1. The predicted octanol–water partition coefficient (Wildman–Crippen LogP) is -0.258. The minimum Gasteiger partial charge on any atom is -0.508 e. The van der Waals surface area contributed by atoms with Crippen molar-refractivity contribution in [3.63, 3.8) is 0 Å². The second-order valence-electron chi connectivity index (χ2n) is 5.65. The van der Waals surface area contributed by atoms with Gasteiger partial charge in [-0.05, 0) is 24.3 Å². The number of nitrogens with zero attached hydrogens (tertiary/aromatic N) is 1. The molecule has 26 heavy (non-hydrogen) atoms. The van der Waals surface area contributed by atoms with Gasteiger partial charge in [0.25, 0.3) is 5.91 Å². The van der Waals surface area contributed by atoms with Gasteiger partial charge in [-0.2, -0.15) is 0 Å². The summed E-state index contributed by atoms with van der Waals surface area (Å²) >= 11 is 1.23. The van der Waals surface area contributed by atoms with Gasteiger partial charge in [-0.25, -0.2) is 4.79 Å². The fraction of sp³-hybridized carbons (Fsp3) is 0.250. The first-order valence-electron chi connectivity index (χ1n) is 7.61. The molecule has 2 aliphatic heterocycles. The molecule has 136 valence electrons. The van der Waals surface area contributed by atoms with Crippen LogP contribution in [-0.2, 0) is 19.2 Å². The van der Waals surface area contributed by atoms with Crippen molar-refractivity contribution < 1.29 is 29.4 Å². The number of rotatable bonds is 6. The Morgan fingerprint density at radius 1 is 1.31 bits per heavy atom. The van der Waals surface area contributed by atoms with Crippen LogP contribution in [0, 0.1) is 0 Å². The van der Waals surface area contributed by atoms with Gasteiger partial charge >= 0.3 is 5.97 Å². The molecular formula is C16H15N3O6S. The topological polar surface area (TPSA) is 136 Å². The van der Waals surface area contributed by atoms with E-state index in [1.54, 1.807) is 12.1 Å². The Morgan fingerprint density at radius 3 is 2.62 bits per heavy atom. The molecule has 9 nitrogen and oxygen atoms in total. The standard InChI is InChI=1S/C16H15N3O6S/c20-6-8-7-26-15-12(14(23)19(15)13(8)16(24)25)18-11(22)5-17-9-1-3-10(21)4-2-9/h1-4,6,12,15,17,21H,5,7H2,(H,18,22)(H,24,25)/t12?,15-/m0/s1. The number of nitrogens with one attached hydrogen (secondary N) is 2. The number of fused-ring (bicyclic) bond motifs is 1. The number of hydrogen-bond acceptors (Lipinski definition) is 7. The lowest BCUT2D eigenvalue weighted by molar-refractivity contribution is -0.150. The maximum absolute atomic E-state index is 12.3. The summed E-state index contributed by atoms with van der Waals surface area (Å²) in [5.74, 6) is -2.07. The highest BCUT2D eigenvalue weighted by molar-refractivity contribution is 8.00. The number of carboxylic acid groups (broad SMARTS) is 1. The summed E-state index contributed by atoms with van der Waals surface area (Å²) in [5.41, 5.74) is 0.352. The van der Waals surface area contributed by atoms with Crippen LogP contribution >= 0.6 is 11.8 Å². The number of phenolic OH excluding ortho intramolecular Hbond substituents is 1. The van der Waals surface area contributed by atoms with Gasteiger partial charge in [-0.15, -0.1) is 11.8 Å². The number of carbonyl (C=O) groups excluding carboxylic acids is 3. The normalized spacial score (nSPS) is 21.5. The molecule has 2 aliphatic rings. The van der Waals surface area contributed by atoms with Crippen LogP contribution in [0.5, 0.6) is 5.75 Å². The Hall–Kier alpha value is -3.01. The molecule has 0 spiro atoms. The van der Waals surface area contributed by atoms with E-state index in [0.717, 1.165) is 4.90 Å². The van der Waals surface area contributed by atoms with Crippen molar-refractivity contribution in [3.05, 3.63) is 35.5 Å². The summed E-state index contributed by atoms with van der Waals surface area (Å²) in [5, 5.41) is 23.3. The zero-order chi connectivity index (χ0) is 18.8. The van der Waals surface area contributed by atoms with Crippen LogP contribution < -0.4 is 10.6 Å². The Kier molecular flexibility index (Phi) is 4.85. The molecule has 1 aromatic rings. The average Bonchev–Trinajstić information content (AvgIpc) is 2.64. The summed E-state index contributed by atoms with van der Waals surface area (Å²) in [6, 6.07) is 5.30. The summed E-state index contributed by atoms with van der Waals surface area (Å²) in [6.45, 7) is -0.0901. The zero-order valence-electron chi connectivity index (χ0n) is 13.3. The Labute approximate surface area is 152 Å². The second-order valence-corrected chi connectivity index (χ2v) is 6.76. The molecule has 10 heteroatoms. The summed E-state index contributed by atoms with van der Waals surface area (Å²) < 4.78 is 0. The molecule has 1 saturated heterocycles. The zero-order valence-corrected chi connectivity index (χ0v) is 14.2. The maximum atomic E-state index is 12.3. The largest absolute Gasteiger partial charge is 0.508 e. The van der Waals surface area contributed by atoms with Crippen LogP contribution in [0.1, 0.15) is 0 Å². The minimum atomic E-state index is -1.34. The molecule has 0 radical (unpaired) electrons. The van der Waals surface area contributed by atoms with Gasteiger partial charge in [0.05, 0.1) is 6.54 Å². The van der Waals surface area contributed by atoms with E-state index >= 15 is 0 Å². The predicted molar refractivity (Wildman–Crippen MR) is 92.3 cm³/mol. The Balaban J connectivity index is 1.60. The number of aromatic hydroxyl groups is 1. The molecule has 3 rings (SSSR count). The number of anilines is 1. The van der Waals surface area contributed by atoms with Gasteiger partial charge in [-0.1, -0.05) is 0 Å². The van der Waals surface area contributed by atoms with Gasteiger partial charge in [-0.3, -0.25) is 19.3 Å². The van der Waals surface area contributed by atoms with Crippen molar-refractivity contribution in [2.75, 3.05) is 17.6 Å². The smallest absolute Gasteiger partial charge is 0.353 e. The number of benzene rings is 1. The van der Waals surface area contributed by atoms with Crippen LogP contribution in [0.2, 0.25) is 0 Å². The first kappa shape index (κ1) is 17.8. The first-order valence-corrected chi connectivity index (χ1v) is 8.66. The molecular weight excluding hydrogens is 362 g/mol.